The molecule has 1 radical (unpaired) electrons. The highest BCUT2D eigenvalue weighted by Gasteiger charge is 2.30. The highest BCUT2D eigenvalue weighted by Crippen LogP contribution is 2.25. The monoisotopic (exact) mass is 195 g/mol. The van der Waals surface area contributed by atoms with Crippen molar-refractivity contribution < 1.29 is 5.11 Å². The van der Waals surface area contributed by atoms with E-state index in [0.29, 0.717) is 6.42 Å². The van der Waals surface area contributed by atoms with Crippen molar-refractivity contribution in [3.63, 3.8) is 0 Å². The minimum absolute atomic E-state index is 0.177. The molecule has 2 atom stereocenters. The largest absolute Gasteiger partial charge is 0.231 e. The standard InChI is InChI=1S/C8H13Cl2O/c1-6(2)4-7(11)8(3,10)5-9/h7H,1,4-5H2,2-3H3. The van der Waals surface area contributed by atoms with Crippen molar-refractivity contribution in [2.45, 2.75) is 31.2 Å². The molecule has 0 aliphatic heterocycles. The molecule has 0 N–H and O–H groups in total. The summed E-state index contributed by atoms with van der Waals surface area (Å²) in [6, 6.07) is 0. The van der Waals surface area contributed by atoms with Gasteiger partial charge < -0.3 is 0 Å². The van der Waals surface area contributed by atoms with Crippen LogP contribution in [0.25, 0.3) is 0 Å². The van der Waals surface area contributed by atoms with E-state index in [4.69, 9.17) is 23.2 Å². The van der Waals surface area contributed by atoms with Gasteiger partial charge in [-0.1, -0.05) is 5.57 Å². The van der Waals surface area contributed by atoms with Gasteiger partial charge in [0.05, 0.1) is 4.87 Å². The zero-order chi connectivity index (χ0) is 9.07. The van der Waals surface area contributed by atoms with Gasteiger partial charge in [0, 0.05) is 5.88 Å². The molecule has 0 fully saturated rings. The van der Waals surface area contributed by atoms with E-state index >= 15 is 0 Å². The molecule has 3 heteroatoms. The Morgan fingerprint density at radius 3 is 2.45 bits per heavy atom. The molecule has 65 valence electrons. The summed E-state index contributed by atoms with van der Waals surface area (Å²) in [7, 11) is 0. The highest BCUT2D eigenvalue weighted by molar-refractivity contribution is 6.30. The summed E-state index contributed by atoms with van der Waals surface area (Å²) in [5.41, 5.74) is 0.849. The molecule has 0 amide bonds. The SMILES string of the molecule is C=C(C)CC([O])C(C)(Cl)CCl. The van der Waals surface area contributed by atoms with Gasteiger partial charge >= 0.3 is 0 Å². The second-order valence-corrected chi connectivity index (χ2v) is 4.19. The summed E-state index contributed by atoms with van der Waals surface area (Å²) < 4.78 is 0. The van der Waals surface area contributed by atoms with Gasteiger partial charge in [0.25, 0.3) is 0 Å². The first kappa shape index (κ1) is 11.3. The van der Waals surface area contributed by atoms with Crippen LogP contribution in [0.3, 0.4) is 0 Å². The Morgan fingerprint density at radius 1 is 1.73 bits per heavy atom. The molecule has 0 aliphatic carbocycles. The van der Waals surface area contributed by atoms with Gasteiger partial charge in [-0.25, -0.2) is 5.11 Å². The number of halogens is 2. The maximum absolute atomic E-state index is 11.3. The van der Waals surface area contributed by atoms with E-state index in [1.165, 1.54) is 0 Å². The van der Waals surface area contributed by atoms with Crippen LogP contribution in [0.4, 0.5) is 0 Å². The minimum atomic E-state index is -0.862. The van der Waals surface area contributed by atoms with Crippen molar-refractivity contribution in [3.8, 4) is 0 Å². The van der Waals surface area contributed by atoms with Crippen LogP contribution in [0.15, 0.2) is 12.2 Å². The molecule has 0 heterocycles. The molecule has 0 rings (SSSR count). The molecule has 0 saturated carbocycles. The minimum Gasteiger partial charge on any atom is -0.231 e. The smallest absolute Gasteiger partial charge is 0.117 e. The van der Waals surface area contributed by atoms with Crippen LogP contribution in [0.1, 0.15) is 20.3 Å². The highest BCUT2D eigenvalue weighted by atomic mass is 35.5. The Kier molecular flexibility index (Phi) is 4.45. The molecule has 0 saturated heterocycles. The molecule has 0 spiro atoms. The number of alkyl halides is 2. The van der Waals surface area contributed by atoms with Crippen molar-refractivity contribution in [2.24, 2.45) is 0 Å². The van der Waals surface area contributed by atoms with Crippen molar-refractivity contribution in [3.05, 3.63) is 12.2 Å². The predicted molar refractivity (Wildman–Crippen MR) is 48.9 cm³/mol. The summed E-state index contributed by atoms with van der Waals surface area (Å²) in [4.78, 5) is -0.847. The fraction of sp³-hybridized carbons (Fsp3) is 0.750. The molecule has 11 heavy (non-hydrogen) atoms. The van der Waals surface area contributed by atoms with E-state index in [1.807, 2.05) is 6.92 Å². The van der Waals surface area contributed by atoms with E-state index in [9.17, 15) is 5.11 Å². The fourth-order valence-corrected chi connectivity index (χ4v) is 0.865. The number of rotatable bonds is 4. The number of hydrogen-bond donors (Lipinski definition) is 0. The van der Waals surface area contributed by atoms with Gasteiger partial charge in [-0.3, -0.25) is 0 Å². The third-order valence-corrected chi connectivity index (χ3v) is 2.54. The first-order valence-corrected chi connectivity index (χ1v) is 4.36. The average molecular weight is 196 g/mol. The topological polar surface area (TPSA) is 19.9 Å². The molecule has 0 aromatic heterocycles. The van der Waals surface area contributed by atoms with Crippen molar-refractivity contribution in [2.75, 3.05) is 5.88 Å². The lowest BCUT2D eigenvalue weighted by Gasteiger charge is -2.23. The Bertz CT molecular complexity index is 143. The summed E-state index contributed by atoms with van der Waals surface area (Å²) >= 11 is 11.3. The predicted octanol–water partition coefficient (Wildman–Crippen LogP) is 2.99. The summed E-state index contributed by atoms with van der Waals surface area (Å²) in [5.74, 6) is 0.177. The van der Waals surface area contributed by atoms with Crippen molar-refractivity contribution in [1.29, 1.82) is 0 Å². The Morgan fingerprint density at radius 2 is 2.18 bits per heavy atom. The lowest BCUT2D eigenvalue weighted by molar-refractivity contribution is 0.0624. The number of hydrogen-bond acceptors (Lipinski definition) is 0. The first-order chi connectivity index (χ1) is 4.90. The maximum Gasteiger partial charge on any atom is 0.117 e. The van der Waals surface area contributed by atoms with Gasteiger partial charge in [0.1, 0.15) is 6.10 Å². The summed E-state index contributed by atoms with van der Waals surface area (Å²) in [6.07, 6.45) is -0.466. The molecule has 0 aromatic rings. The second-order valence-electron chi connectivity index (χ2n) is 3.06. The van der Waals surface area contributed by atoms with Crippen LogP contribution in [-0.4, -0.2) is 16.9 Å². The Balaban J connectivity index is 4.01. The van der Waals surface area contributed by atoms with E-state index < -0.39 is 11.0 Å². The van der Waals surface area contributed by atoms with Gasteiger partial charge in [-0.15, -0.1) is 29.8 Å². The third-order valence-electron chi connectivity index (χ3n) is 1.47. The van der Waals surface area contributed by atoms with E-state index in [2.05, 4.69) is 6.58 Å². The molecule has 0 aliphatic rings. The van der Waals surface area contributed by atoms with Gasteiger partial charge in [0.2, 0.25) is 0 Å². The van der Waals surface area contributed by atoms with Crippen LogP contribution in [0, 0.1) is 0 Å². The van der Waals surface area contributed by atoms with Crippen molar-refractivity contribution >= 4 is 23.2 Å². The van der Waals surface area contributed by atoms with E-state index in [-0.39, 0.29) is 5.88 Å². The fourth-order valence-electron chi connectivity index (χ4n) is 0.615. The third kappa shape index (κ3) is 4.00. The summed E-state index contributed by atoms with van der Waals surface area (Å²) in [5, 5.41) is 11.3. The van der Waals surface area contributed by atoms with Crippen molar-refractivity contribution in [1.82, 2.24) is 0 Å². The normalized spacial score (nSPS) is 19.0. The second kappa shape index (κ2) is 4.34. The van der Waals surface area contributed by atoms with Crippen LogP contribution in [0.5, 0.6) is 0 Å². The van der Waals surface area contributed by atoms with Gasteiger partial charge in [-0.2, -0.15) is 0 Å². The molecule has 1 nitrogen and oxygen atoms in total. The van der Waals surface area contributed by atoms with E-state index in [1.54, 1.807) is 6.92 Å². The summed E-state index contributed by atoms with van der Waals surface area (Å²) in [6.45, 7) is 7.11. The lowest BCUT2D eigenvalue weighted by atomic mass is 10.00. The van der Waals surface area contributed by atoms with Gasteiger partial charge in [-0.05, 0) is 20.3 Å². The van der Waals surface area contributed by atoms with Crippen LogP contribution < -0.4 is 0 Å². The zero-order valence-corrected chi connectivity index (χ0v) is 8.37. The zero-order valence-electron chi connectivity index (χ0n) is 6.86. The molecule has 0 bridgehead atoms. The molecule has 0 aromatic carbocycles. The van der Waals surface area contributed by atoms with Crippen LogP contribution in [-0.2, 0) is 5.11 Å². The molecular weight excluding hydrogens is 183 g/mol. The Labute approximate surface area is 78.0 Å². The maximum atomic E-state index is 11.3. The van der Waals surface area contributed by atoms with Gasteiger partial charge in [0.15, 0.2) is 0 Å². The Hall–Kier alpha value is 0.280. The van der Waals surface area contributed by atoms with Crippen LogP contribution >= 0.6 is 23.2 Å². The average Bonchev–Trinajstić information content (AvgIpc) is 1.86. The first-order valence-electron chi connectivity index (χ1n) is 3.45. The molecular formula is C8H13Cl2O. The lowest BCUT2D eigenvalue weighted by Crippen LogP contribution is -2.34. The van der Waals surface area contributed by atoms with E-state index in [0.717, 1.165) is 5.57 Å². The quantitative estimate of drug-likeness (QED) is 0.486. The van der Waals surface area contributed by atoms with Crippen LogP contribution in [0.2, 0.25) is 0 Å². The molecule has 2 unspecified atom stereocenters.